The SMILES string of the molecule is C=CC(=O)N1CCC(N2N=C(Nc3ccc(Oc4ccccc4)nc3)c3c[nH]c4ncnc2c34)CC1. The van der Waals surface area contributed by atoms with E-state index in [-0.39, 0.29) is 11.9 Å². The summed E-state index contributed by atoms with van der Waals surface area (Å²) in [5.41, 5.74) is 2.41. The summed E-state index contributed by atoms with van der Waals surface area (Å²) in [7, 11) is 0. The van der Waals surface area contributed by atoms with Crippen molar-refractivity contribution in [1.29, 1.82) is 0 Å². The Labute approximate surface area is 207 Å². The molecule has 4 aromatic rings. The van der Waals surface area contributed by atoms with Gasteiger partial charge in [-0.1, -0.05) is 24.8 Å². The number of H-pyrrole nitrogens is 1. The average Bonchev–Trinajstić information content (AvgIpc) is 3.37. The smallest absolute Gasteiger partial charge is 0.245 e. The second-order valence-electron chi connectivity index (χ2n) is 8.60. The van der Waals surface area contributed by atoms with E-state index in [9.17, 15) is 4.79 Å². The highest BCUT2D eigenvalue weighted by molar-refractivity contribution is 6.19. The van der Waals surface area contributed by atoms with Gasteiger partial charge in [0.1, 0.15) is 17.7 Å². The van der Waals surface area contributed by atoms with E-state index in [0.717, 1.165) is 46.7 Å². The van der Waals surface area contributed by atoms with Crippen LogP contribution < -0.4 is 15.1 Å². The lowest BCUT2D eigenvalue weighted by atomic mass is 10.0. The fourth-order valence-corrected chi connectivity index (χ4v) is 4.58. The number of rotatable bonds is 5. The van der Waals surface area contributed by atoms with Crippen molar-refractivity contribution in [3.8, 4) is 11.6 Å². The maximum Gasteiger partial charge on any atom is 0.245 e. The highest BCUT2D eigenvalue weighted by Crippen LogP contribution is 2.35. The van der Waals surface area contributed by atoms with Crippen LogP contribution >= 0.6 is 0 Å². The summed E-state index contributed by atoms with van der Waals surface area (Å²) < 4.78 is 5.80. The number of aromatic nitrogens is 4. The van der Waals surface area contributed by atoms with Gasteiger partial charge >= 0.3 is 0 Å². The van der Waals surface area contributed by atoms with Gasteiger partial charge in [0.15, 0.2) is 11.7 Å². The molecule has 0 spiro atoms. The van der Waals surface area contributed by atoms with Crippen LogP contribution in [0.1, 0.15) is 18.4 Å². The van der Waals surface area contributed by atoms with Crippen molar-refractivity contribution < 1.29 is 9.53 Å². The number of anilines is 2. The third-order valence-electron chi connectivity index (χ3n) is 6.39. The number of hydrogen-bond donors (Lipinski definition) is 2. The number of aromatic amines is 1. The number of piperidine rings is 1. The van der Waals surface area contributed by atoms with Crippen LogP contribution in [0.2, 0.25) is 0 Å². The lowest BCUT2D eigenvalue weighted by Gasteiger charge is -2.37. The van der Waals surface area contributed by atoms with E-state index < -0.39 is 0 Å². The van der Waals surface area contributed by atoms with Gasteiger partial charge in [-0.3, -0.25) is 4.79 Å². The molecule has 36 heavy (non-hydrogen) atoms. The van der Waals surface area contributed by atoms with Crippen LogP contribution in [0.25, 0.3) is 11.0 Å². The monoisotopic (exact) mass is 480 g/mol. The van der Waals surface area contributed by atoms with Crippen molar-refractivity contribution in [2.75, 3.05) is 23.4 Å². The van der Waals surface area contributed by atoms with Crippen molar-refractivity contribution in [3.05, 3.63) is 79.4 Å². The summed E-state index contributed by atoms with van der Waals surface area (Å²) in [6.07, 6.45) is 8.06. The molecular formula is C26H24N8O2. The minimum Gasteiger partial charge on any atom is -0.439 e. The molecule has 0 saturated carbocycles. The van der Waals surface area contributed by atoms with Crippen molar-refractivity contribution in [3.63, 3.8) is 0 Å². The standard InChI is InChI=1S/C26H24N8O2/c1-2-22(35)33-12-10-18(11-13-33)34-26-23-20(15-28-25(23)29-16-30-26)24(32-34)31-17-8-9-21(27-14-17)36-19-6-4-3-5-7-19/h2-9,14-16,18H,1,10-13H2,(H,31,32)(H,28,29,30). The summed E-state index contributed by atoms with van der Waals surface area (Å²) in [5, 5.41) is 11.2. The van der Waals surface area contributed by atoms with Gasteiger partial charge in [0.05, 0.1) is 23.3 Å². The summed E-state index contributed by atoms with van der Waals surface area (Å²) >= 11 is 0. The van der Waals surface area contributed by atoms with E-state index in [0.29, 0.717) is 24.8 Å². The highest BCUT2D eigenvalue weighted by Gasteiger charge is 2.32. The Balaban J connectivity index is 1.26. The van der Waals surface area contributed by atoms with E-state index in [1.165, 1.54) is 6.08 Å². The molecule has 2 aliphatic heterocycles. The summed E-state index contributed by atoms with van der Waals surface area (Å²) in [4.78, 5) is 30.5. The molecule has 1 saturated heterocycles. The number of carbonyl (C=O) groups is 1. The van der Waals surface area contributed by atoms with Gasteiger partial charge in [-0.05, 0) is 37.1 Å². The second kappa shape index (κ2) is 9.14. The van der Waals surface area contributed by atoms with Gasteiger partial charge in [0, 0.05) is 30.9 Å². The Morgan fingerprint density at radius 3 is 2.69 bits per heavy atom. The van der Waals surface area contributed by atoms with Gasteiger partial charge in [0.2, 0.25) is 11.8 Å². The van der Waals surface area contributed by atoms with E-state index in [4.69, 9.17) is 9.84 Å². The molecule has 0 radical (unpaired) electrons. The fourth-order valence-electron chi connectivity index (χ4n) is 4.58. The third-order valence-corrected chi connectivity index (χ3v) is 6.39. The number of ether oxygens (including phenoxy) is 1. The first-order valence-electron chi connectivity index (χ1n) is 11.8. The predicted molar refractivity (Wildman–Crippen MR) is 137 cm³/mol. The molecule has 1 amide bonds. The number of pyridine rings is 1. The van der Waals surface area contributed by atoms with Crippen molar-refractivity contribution in [2.24, 2.45) is 5.10 Å². The van der Waals surface area contributed by atoms with Gasteiger partial charge < -0.3 is 19.9 Å². The first-order chi connectivity index (χ1) is 17.7. The predicted octanol–water partition coefficient (Wildman–Crippen LogP) is 3.92. The van der Waals surface area contributed by atoms with Crippen LogP contribution in [0.4, 0.5) is 11.5 Å². The number of hydrogen-bond acceptors (Lipinski definition) is 8. The van der Waals surface area contributed by atoms with Crippen LogP contribution in [-0.2, 0) is 4.79 Å². The van der Waals surface area contributed by atoms with Gasteiger partial charge in [0.25, 0.3) is 0 Å². The molecule has 10 heteroatoms. The van der Waals surface area contributed by atoms with Crippen molar-refractivity contribution >= 4 is 34.3 Å². The minimum absolute atomic E-state index is 0.0394. The van der Waals surface area contributed by atoms with E-state index >= 15 is 0 Å². The molecule has 0 bridgehead atoms. The average molecular weight is 481 g/mol. The first-order valence-corrected chi connectivity index (χ1v) is 11.8. The first kappa shape index (κ1) is 21.8. The molecule has 0 atom stereocenters. The van der Waals surface area contributed by atoms with Crippen molar-refractivity contribution in [1.82, 2.24) is 24.8 Å². The third kappa shape index (κ3) is 4.02. The normalized spacial score (nSPS) is 15.5. The number of benzene rings is 1. The largest absolute Gasteiger partial charge is 0.439 e. The van der Waals surface area contributed by atoms with E-state index in [1.54, 1.807) is 12.5 Å². The Morgan fingerprint density at radius 2 is 1.94 bits per heavy atom. The highest BCUT2D eigenvalue weighted by atomic mass is 16.5. The molecule has 5 heterocycles. The Hall–Kier alpha value is -4.73. The van der Waals surface area contributed by atoms with E-state index in [1.807, 2.05) is 58.6 Å². The topological polar surface area (TPSA) is 112 Å². The van der Waals surface area contributed by atoms with Crippen LogP contribution in [0.5, 0.6) is 11.6 Å². The summed E-state index contributed by atoms with van der Waals surface area (Å²) in [6.45, 7) is 4.89. The van der Waals surface area contributed by atoms with Gasteiger partial charge in [-0.25, -0.2) is 20.0 Å². The van der Waals surface area contributed by atoms with Crippen LogP contribution in [0.3, 0.4) is 0 Å². The van der Waals surface area contributed by atoms with Crippen LogP contribution in [-0.4, -0.2) is 55.7 Å². The zero-order chi connectivity index (χ0) is 24.5. The summed E-state index contributed by atoms with van der Waals surface area (Å²) in [5.74, 6) is 2.63. The number of likely N-dealkylation sites (tertiary alicyclic amines) is 1. The van der Waals surface area contributed by atoms with Crippen molar-refractivity contribution in [2.45, 2.75) is 18.9 Å². The fraction of sp³-hybridized carbons (Fsp3) is 0.192. The molecule has 2 aliphatic rings. The zero-order valence-corrected chi connectivity index (χ0v) is 19.5. The van der Waals surface area contributed by atoms with Crippen LogP contribution in [0.15, 0.2) is 78.9 Å². The molecule has 180 valence electrons. The number of amides is 1. The molecular weight excluding hydrogens is 456 g/mol. The van der Waals surface area contributed by atoms with E-state index in [2.05, 4.69) is 31.8 Å². The number of nitrogens with one attached hydrogen (secondary N) is 2. The molecule has 1 aromatic carbocycles. The lowest BCUT2D eigenvalue weighted by molar-refractivity contribution is -0.127. The number of amidine groups is 1. The molecule has 0 aliphatic carbocycles. The molecule has 1 fully saturated rings. The quantitative estimate of drug-likeness (QED) is 0.417. The maximum atomic E-state index is 12.0. The maximum absolute atomic E-state index is 12.0. The van der Waals surface area contributed by atoms with Crippen LogP contribution in [0, 0.1) is 0 Å². The zero-order valence-electron chi connectivity index (χ0n) is 19.5. The second-order valence-corrected chi connectivity index (χ2v) is 8.60. The number of hydrazone groups is 1. The summed E-state index contributed by atoms with van der Waals surface area (Å²) in [6, 6.07) is 13.3. The Morgan fingerprint density at radius 1 is 1.11 bits per heavy atom. The molecule has 10 nitrogen and oxygen atoms in total. The molecule has 0 unspecified atom stereocenters. The molecule has 3 aromatic heterocycles. The Kier molecular flexibility index (Phi) is 5.53. The number of carbonyl (C=O) groups excluding carboxylic acids is 1. The lowest BCUT2D eigenvalue weighted by Crippen LogP contribution is -2.46. The molecule has 6 rings (SSSR count). The molecule has 2 N–H and O–H groups in total. The minimum atomic E-state index is -0.0394. The van der Waals surface area contributed by atoms with Gasteiger partial charge in [-0.15, -0.1) is 0 Å². The Bertz CT molecular complexity index is 1440. The number of nitrogens with zero attached hydrogens (tertiary/aromatic N) is 6. The number of para-hydroxylation sites is 1. The van der Waals surface area contributed by atoms with Gasteiger partial charge in [-0.2, -0.15) is 5.10 Å².